The summed E-state index contributed by atoms with van der Waals surface area (Å²) in [6, 6.07) is 14.3. The van der Waals surface area contributed by atoms with Gasteiger partial charge in [0.25, 0.3) is 0 Å². The third-order valence-electron chi connectivity index (χ3n) is 2.57. The van der Waals surface area contributed by atoms with Gasteiger partial charge in [-0.1, -0.05) is 41.4 Å². The largest absolute Gasteiger partial charge is 0.465 e. The fourth-order valence-corrected chi connectivity index (χ4v) is 1.63. The molecule has 0 unspecified atom stereocenters. The number of benzene rings is 2. The minimum Gasteiger partial charge on any atom is -0.465 e. The van der Waals surface area contributed by atoms with Crippen LogP contribution in [0.4, 0.5) is 0 Å². The second-order valence-electron chi connectivity index (χ2n) is 4.10. The van der Waals surface area contributed by atoms with Crippen molar-refractivity contribution < 1.29 is 9.53 Å². The predicted octanol–water partition coefficient (Wildman–Crippen LogP) is 4.42. The third-order valence-corrected chi connectivity index (χ3v) is 2.83. The number of carbonyl (C=O) groups excluding carboxylic acids is 1. The Bertz CT molecular complexity index is 583. The van der Waals surface area contributed by atoms with E-state index in [-0.39, 0.29) is 5.78 Å². The molecular weight excluding hydrogens is 260 g/mol. The van der Waals surface area contributed by atoms with Crippen molar-refractivity contribution in [1.82, 2.24) is 0 Å². The Hall–Kier alpha value is -2.06. The summed E-state index contributed by atoms with van der Waals surface area (Å²) in [5.41, 5.74) is 1.76. The summed E-state index contributed by atoms with van der Waals surface area (Å²) < 4.78 is 5.32. The molecule has 0 atom stereocenters. The number of allylic oxidation sites excluding steroid dienone is 1. The number of ether oxygens (including phenoxy) is 1. The number of halogens is 1. The summed E-state index contributed by atoms with van der Waals surface area (Å²) in [6.45, 7) is 1.98. The van der Waals surface area contributed by atoms with Gasteiger partial charge in [0.15, 0.2) is 5.78 Å². The van der Waals surface area contributed by atoms with Gasteiger partial charge in [-0.2, -0.15) is 0 Å². The van der Waals surface area contributed by atoms with E-state index in [2.05, 4.69) is 0 Å². The topological polar surface area (TPSA) is 26.3 Å². The SMILES string of the molecule is Cc1ccc(C(=O)C=COc2ccc(Cl)cc2)cc1. The van der Waals surface area contributed by atoms with Crippen molar-refractivity contribution >= 4 is 17.4 Å². The molecule has 0 aliphatic carbocycles. The molecular formula is C16H13ClO2. The van der Waals surface area contributed by atoms with Crippen LogP contribution >= 0.6 is 11.6 Å². The lowest BCUT2D eigenvalue weighted by Crippen LogP contribution is -1.95. The van der Waals surface area contributed by atoms with Gasteiger partial charge in [-0.3, -0.25) is 4.79 Å². The summed E-state index contributed by atoms with van der Waals surface area (Å²) >= 11 is 5.76. The molecule has 96 valence electrons. The smallest absolute Gasteiger partial charge is 0.188 e. The first-order valence-corrected chi connectivity index (χ1v) is 6.23. The standard InChI is InChI=1S/C16H13ClO2/c1-12-2-4-13(5-3-12)16(18)10-11-19-15-8-6-14(17)7-9-15/h2-11H,1H3. The van der Waals surface area contributed by atoms with Gasteiger partial charge in [-0.15, -0.1) is 0 Å². The number of ketones is 1. The first-order valence-electron chi connectivity index (χ1n) is 5.85. The lowest BCUT2D eigenvalue weighted by atomic mass is 10.1. The molecule has 0 spiro atoms. The van der Waals surface area contributed by atoms with Gasteiger partial charge >= 0.3 is 0 Å². The van der Waals surface area contributed by atoms with Crippen LogP contribution in [0.3, 0.4) is 0 Å². The third kappa shape index (κ3) is 3.97. The van der Waals surface area contributed by atoms with Crippen molar-refractivity contribution in [3.05, 3.63) is 77.0 Å². The van der Waals surface area contributed by atoms with Crippen molar-refractivity contribution in [1.29, 1.82) is 0 Å². The molecule has 3 heteroatoms. The molecule has 0 radical (unpaired) electrons. The molecule has 0 amide bonds. The molecule has 0 saturated heterocycles. The number of rotatable bonds is 4. The highest BCUT2D eigenvalue weighted by Gasteiger charge is 2.00. The van der Waals surface area contributed by atoms with Crippen LogP contribution in [0.1, 0.15) is 15.9 Å². The van der Waals surface area contributed by atoms with Crippen LogP contribution in [0.2, 0.25) is 5.02 Å². The summed E-state index contributed by atoms with van der Waals surface area (Å²) in [5, 5.41) is 0.645. The fourth-order valence-electron chi connectivity index (χ4n) is 1.50. The molecule has 0 aromatic heterocycles. The zero-order valence-electron chi connectivity index (χ0n) is 10.5. The van der Waals surface area contributed by atoms with Crippen molar-refractivity contribution in [3.8, 4) is 5.75 Å². The Balaban J connectivity index is 1.97. The lowest BCUT2D eigenvalue weighted by Gasteiger charge is -2.00. The van der Waals surface area contributed by atoms with Gasteiger partial charge in [0.1, 0.15) is 5.75 Å². The van der Waals surface area contributed by atoms with Crippen LogP contribution in [-0.4, -0.2) is 5.78 Å². The Kier molecular flexibility index (Phi) is 4.37. The predicted molar refractivity (Wildman–Crippen MR) is 76.7 cm³/mol. The number of hydrogen-bond acceptors (Lipinski definition) is 2. The first-order chi connectivity index (χ1) is 9.15. The molecule has 2 rings (SSSR count). The summed E-state index contributed by atoms with van der Waals surface area (Å²) in [5.74, 6) is 0.548. The van der Waals surface area contributed by atoms with E-state index in [1.807, 2.05) is 19.1 Å². The van der Waals surface area contributed by atoms with E-state index >= 15 is 0 Å². The zero-order valence-corrected chi connectivity index (χ0v) is 11.2. The number of hydrogen-bond donors (Lipinski definition) is 0. The van der Waals surface area contributed by atoms with Gasteiger partial charge in [-0.25, -0.2) is 0 Å². The van der Waals surface area contributed by atoms with Crippen LogP contribution in [0.25, 0.3) is 0 Å². The lowest BCUT2D eigenvalue weighted by molar-refractivity contribution is 0.104. The summed E-state index contributed by atoms with van der Waals surface area (Å²) in [6.07, 6.45) is 2.78. The molecule has 0 aliphatic heterocycles. The van der Waals surface area contributed by atoms with Gasteiger partial charge in [-0.05, 0) is 31.2 Å². The van der Waals surface area contributed by atoms with Crippen LogP contribution in [0, 0.1) is 6.92 Å². The molecule has 0 heterocycles. The normalized spacial score (nSPS) is 10.6. The van der Waals surface area contributed by atoms with Crippen molar-refractivity contribution in [2.45, 2.75) is 6.92 Å². The summed E-state index contributed by atoms with van der Waals surface area (Å²) in [4.78, 5) is 11.8. The Morgan fingerprint density at radius 3 is 2.32 bits per heavy atom. The van der Waals surface area contributed by atoms with Crippen molar-refractivity contribution in [2.75, 3.05) is 0 Å². The van der Waals surface area contributed by atoms with Gasteiger partial charge in [0, 0.05) is 16.7 Å². The molecule has 0 fully saturated rings. The number of aryl methyl sites for hydroxylation is 1. The monoisotopic (exact) mass is 272 g/mol. The molecule has 2 nitrogen and oxygen atoms in total. The average molecular weight is 273 g/mol. The van der Waals surface area contributed by atoms with Crippen LogP contribution < -0.4 is 4.74 Å². The van der Waals surface area contributed by atoms with E-state index in [1.165, 1.54) is 12.3 Å². The van der Waals surface area contributed by atoms with Crippen LogP contribution in [0.5, 0.6) is 5.75 Å². The highest BCUT2D eigenvalue weighted by Crippen LogP contribution is 2.15. The second-order valence-corrected chi connectivity index (χ2v) is 4.54. The molecule has 0 bridgehead atoms. The van der Waals surface area contributed by atoms with E-state index in [4.69, 9.17) is 16.3 Å². The first kappa shape index (κ1) is 13.4. The maximum Gasteiger partial charge on any atom is 0.188 e. The second kappa shape index (κ2) is 6.21. The Morgan fingerprint density at radius 2 is 1.68 bits per heavy atom. The van der Waals surface area contributed by atoms with E-state index in [0.29, 0.717) is 16.3 Å². The van der Waals surface area contributed by atoms with Gasteiger partial charge in [0.05, 0.1) is 6.26 Å². The van der Waals surface area contributed by atoms with E-state index < -0.39 is 0 Å². The molecule has 0 aliphatic rings. The number of carbonyl (C=O) groups is 1. The highest BCUT2D eigenvalue weighted by molar-refractivity contribution is 6.30. The molecule has 2 aromatic carbocycles. The fraction of sp³-hybridized carbons (Fsp3) is 0.0625. The average Bonchev–Trinajstić information content (AvgIpc) is 2.41. The highest BCUT2D eigenvalue weighted by atomic mass is 35.5. The molecule has 0 N–H and O–H groups in total. The summed E-state index contributed by atoms with van der Waals surface area (Å²) in [7, 11) is 0. The zero-order chi connectivity index (χ0) is 13.7. The van der Waals surface area contributed by atoms with Crippen molar-refractivity contribution in [2.24, 2.45) is 0 Å². The van der Waals surface area contributed by atoms with Crippen LogP contribution in [-0.2, 0) is 0 Å². The quantitative estimate of drug-likeness (QED) is 0.468. The minimum atomic E-state index is -0.0889. The molecule has 0 saturated carbocycles. The van der Waals surface area contributed by atoms with E-state index in [9.17, 15) is 4.79 Å². The Labute approximate surface area is 117 Å². The maximum atomic E-state index is 11.8. The Morgan fingerprint density at radius 1 is 1.05 bits per heavy atom. The van der Waals surface area contributed by atoms with Crippen molar-refractivity contribution in [3.63, 3.8) is 0 Å². The maximum absolute atomic E-state index is 11.8. The van der Waals surface area contributed by atoms with Crippen LogP contribution in [0.15, 0.2) is 60.9 Å². The van der Waals surface area contributed by atoms with Gasteiger partial charge in [0.2, 0.25) is 0 Å². The van der Waals surface area contributed by atoms with E-state index in [1.54, 1.807) is 36.4 Å². The minimum absolute atomic E-state index is 0.0889. The van der Waals surface area contributed by atoms with E-state index in [0.717, 1.165) is 5.56 Å². The molecule has 19 heavy (non-hydrogen) atoms. The van der Waals surface area contributed by atoms with Gasteiger partial charge < -0.3 is 4.74 Å². The molecule has 2 aromatic rings.